The van der Waals surface area contributed by atoms with Crippen LogP contribution in [-0.4, -0.2) is 34.5 Å². The van der Waals surface area contributed by atoms with Crippen LogP contribution in [0, 0.1) is 0 Å². The Kier molecular flexibility index (Phi) is 18.2. The third-order valence-electron chi connectivity index (χ3n) is 28.0. The highest BCUT2D eigenvalue weighted by atomic mass is 15.1. The number of para-hydroxylation sites is 3. The number of fused-ring (bicyclic) bond motifs is 5. The number of pyridine rings is 2. The lowest BCUT2D eigenvalue weighted by atomic mass is 9.68. The van der Waals surface area contributed by atoms with Gasteiger partial charge in [0.1, 0.15) is 5.82 Å². The Hall–Kier alpha value is -17.5. The van der Waals surface area contributed by atoms with E-state index in [1.54, 1.807) is 0 Å². The van der Waals surface area contributed by atoms with Crippen molar-refractivity contribution in [2.45, 2.75) is 19.3 Å². The van der Waals surface area contributed by atoms with Gasteiger partial charge in [0.25, 0.3) is 0 Å². The van der Waals surface area contributed by atoms with E-state index in [0.717, 1.165) is 150 Å². The molecule has 624 valence electrons. The van der Waals surface area contributed by atoms with E-state index < -0.39 is 0 Å². The van der Waals surface area contributed by atoms with Crippen LogP contribution in [0.4, 0.5) is 0 Å². The first-order valence-corrected chi connectivity index (χ1v) is 45.9. The van der Waals surface area contributed by atoms with Crippen molar-refractivity contribution in [2.24, 2.45) is 0 Å². The topological polar surface area (TPSA) is 82.3 Å². The summed E-state index contributed by atoms with van der Waals surface area (Å²) in [5.41, 5.74) is 39.0. The van der Waals surface area contributed by atoms with Gasteiger partial charge >= 0.3 is 0 Å². The molecule has 2 aliphatic carbocycles. The zero-order chi connectivity index (χ0) is 88.6. The molecule has 7 heteroatoms. The Morgan fingerprint density at radius 3 is 1.19 bits per heavy atom. The van der Waals surface area contributed by atoms with E-state index in [-0.39, 0.29) is 5.41 Å². The fourth-order valence-electron chi connectivity index (χ4n) is 21.3. The summed E-state index contributed by atoms with van der Waals surface area (Å²) in [5, 5.41) is 12.3. The molecule has 0 unspecified atom stereocenters. The second-order valence-electron chi connectivity index (χ2n) is 35.9. The first-order chi connectivity index (χ1) is 66.2. The lowest BCUT2D eigenvalue weighted by Crippen LogP contribution is -2.22. The molecular formula is C127H81N7. The highest BCUT2D eigenvalue weighted by Gasteiger charge is 2.35. The third kappa shape index (κ3) is 13.0. The number of aromatic nitrogens is 7. The van der Waals surface area contributed by atoms with Crippen molar-refractivity contribution in [3.63, 3.8) is 0 Å². The molecule has 24 aromatic rings. The average molecular weight is 1710 g/mol. The Balaban J connectivity index is 0.468. The third-order valence-corrected chi connectivity index (χ3v) is 28.0. The SMILES string of the molecule is CC1(C)c2ccc(-c3ccc(-c4ccccc4)cn3)c3ccc4ccc5c(-c6ccc(-c7cccc(-c8cccc(-c9ccc(-c%10nc(-c%11ccc(-c%12ccc(-c%13cccc(-c%14ccc(-c%15ccccc%15)c%15c%14-c%14cccc%16c(-c%17ccc(-c%18nc%19ccccc%19n%18-c%18ccccc%18)cc%17)ccc-%15c%14%16)c%13)cc%12)cc%11)nc(-c%11cccc%12ccccc%11%12)n%10)cc9)c8)c7)cn6)ccc1c5c4c23. The average Bonchev–Trinajstić information content (AvgIpc) is 0.781. The summed E-state index contributed by atoms with van der Waals surface area (Å²) < 4.78 is 2.27. The van der Waals surface area contributed by atoms with Crippen LogP contribution in [-0.2, 0) is 5.41 Å². The van der Waals surface area contributed by atoms with Crippen LogP contribution in [0.25, 0.3) is 261 Å². The van der Waals surface area contributed by atoms with E-state index >= 15 is 0 Å². The molecule has 0 atom stereocenters. The van der Waals surface area contributed by atoms with Crippen LogP contribution in [0.5, 0.6) is 0 Å². The molecule has 2 aliphatic rings. The predicted molar refractivity (Wildman–Crippen MR) is 556 cm³/mol. The number of hydrogen-bond acceptors (Lipinski definition) is 6. The maximum atomic E-state index is 5.29. The van der Waals surface area contributed by atoms with E-state index in [1.165, 1.54) is 104 Å². The first-order valence-electron chi connectivity index (χ1n) is 45.9. The Morgan fingerprint density at radius 1 is 0.209 bits per heavy atom. The van der Waals surface area contributed by atoms with Gasteiger partial charge in [-0.15, -0.1) is 0 Å². The maximum Gasteiger partial charge on any atom is 0.164 e. The molecule has 0 saturated carbocycles. The smallest absolute Gasteiger partial charge is 0.164 e. The first kappa shape index (κ1) is 77.6. The predicted octanol–water partition coefficient (Wildman–Crippen LogP) is 33.1. The highest BCUT2D eigenvalue weighted by molar-refractivity contribution is 6.28. The lowest BCUT2D eigenvalue weighted by Gasteiger charge is -2.35. The molecule has 134 heavy (non-hydrogen) atoms. The van der Waals surface area contributed by atoms with E-state index in [1.807, 2.05) is 12.4 Å². The Bertz CT molecular complexity index is 8870. The van der Waals surface area contributed by atoms with Crippen LogP contribution in [0.3, 0.4) is 0 Å². The van der Waals surface area contributed by atoms with Gasteiger partial charge in [-0.3, -0.25) is 14.5 Å². The zero-order valence-corrected chi connectivity index (χ0v) is 73.4. The quantitative estimate of drug-likeness (QED) is 0.0897. The summed E-state index contributed by atoms with van der Waals surface area (Å²) >= 11 is 0. The van der Waals surface area contributed by atoms with Gasteiger partial charge in [0.05, 0.1) is 22.4 Å². The molecule has 4 aromatic heterocycles. The molecular weight excluding hydrogens is 1620 g/mol. The van der Waals surface area contributed by atoms with Crippen LogP contribution in [0.2, 0.25) is 0 Å². The molecule has 0 saturated heterocycles. The molecule has 20 aromatic carbocycles. The van der Waals surface area contributed by atoms with Gasteiger partial charge in [-0.1, -0.05) is 402 Å². The van der Waals surface area contributed by atoms with Crippen LogP contribution in [0.15, 0.2) is 455 Å². The van der Waals surface area contributed by atoms with Gasteiger partial charge in [0.15, 0.2) is 17.5 Å². The number of benzene rings is 20. The fourth-order valence-corrected chi connectivity index (χ4v) is 21.3. The molecule has 0 amide bonds. The van der Waals surface area contributed by atoms with Crippen molar-refractivity contribution < 1.29 is 0 Å². The Morgan fingerprint density at radius 2 is 0.590 bits per heavy atom. The summed E-state index contributed by atoms with van der Waals surface area (Å²) in [4.78, 5) is 31.4. The molecule has 0 fully saturated rings. The molecule has 0 radical (unpaired) electrons. The molecule has 7 nitrogen and oxygen atoms in total. The molecule has 4 heterocycles. The van der Waals surface area contributed by atoms with Crippen LogP contribution < -0.4 is 0 Å². The van der Waals surface area contributed by atoms with Crippen molar-refractivity contribution in [2.75, 3.05) is 0 Å². The molecule has 26 rings (SSSR count). The molecule has 0 aliphatic heterocycles. The van der Waals surface area contributed by atoms with Crippen LogP contribution >= 0.6 is 0 Å². The largest absolute Gasteiger partial charge is 0.292 e. The minimum atomic E-state index is -0.245. The number of rotatable bonds is 16. The van der Waals surface area contributed by atoms with Crippen molar-refractivity contribution in [1.82, 2.24) is 34.5 Å². The fraction of sp³-hybridized carbons (Fsp3) is 0.0236. The van der Waals surface area contributed by atoms with Crippen molar-refractivity contribution >= 4 is 64.9 Å². The summed E-state index contributed by atoms with van der Waals surface area (Å²) in [7, 11) is 0. The Labute approximate surface area is 775 Å². The van der Waals surface area contributed by atoms with Gasteiger partial charge in [0, 0.05) is 68.0 Å². The summed E-state index contributed by atoms with van der Waals surface area (Å²) in [6, 6.07) is 160. The van der Waals surface area contributed by atoms with Gasteiger partial charge in [0.2, 0.25) is 0 Å². The monoisotopic (exact) mass is 1700 g/mol. The minimum Gasteiger partial charge on any atom is -0.292 e. The number of nitrogens with zero attached hydrogens (tertiary/aromatic N) is 7. The minimum absolute atomic E-state index is 0.245. The zero-order valence-electron chi connectivity index (χ0n) is 73.4. The van der Waals surface area contributed by atoms with E-state index in [9.17, 15) is 0 Å². The van der Waals surface area contributed by atoms with Gasteiger partial charge in [-0.05, 0) is 231 Å². The molecule has 0 bridgehead atoms. The van der Waals surface area contributed by atoms with Gasteiger partial charge in [-0.2, -0.15) is 0 Å². The second kappa shape index (κ2) is 31.4. The summed E-state index contributed by atoms with van der Waals surface area (Å²) in [6.07, 6.45) is 4.04. The molecule has 0 N–H and O–H groups in total. The van der Waals surface area contributed by atoms with Gasteiger partial charge in [-0.25, -0.2) is 19.9 Å². The van der Waals surface area contributed by atoms with E-state index in [2.05, 4.69) is 461 Å². The number of hydrogen-bond donors (Lipinski definition) is 0. The summed E-state index contributed by atoms with van der Waals surface area (Å²) in [5.74, 6) is 2.72. The van der Waals surface area contributed by atoms with Crippen molar-refractivity contribution in [3.8, 4) is 196 Å². The second-order valence-corrected chi connectivity index (χ2v) is 35.9. The standard InChI is InChI=1S/C127H81N7/c1-127(2)111-69-67-103(113-71-59-96(76-128-113)78-21-6-3-7-22-78)106-61-57-86-58-62-107-104(68-70-112(127)122(107)117(86)121(106)111)114-72-60-97(77-129-114)94-31-17-30-93(74-94)92-29-16-27-90(73-92)82-47-53-88(54-48-82)124-131-123(132-125(133-124)108-37-19-26-83-25-12-13-35-99(83)108)87-51-45-80(46-52-87)79-41-43-81(44-42-79)91-28-18-32-95(75-91)102-65-64-101(84-23-8-4-9-24-84)119-110-66-63-100(105-36-20-38-109(118(105)110)120(102)119)85-49-55-89(56-50-85)126-130-115-39-14-15-40-116(115)134(126)98-33-10-5-11-34-98/h3-77H,1-2H3. The summed E-state index contributed by atoms with van der Waals surface area (Å²) in [6.45, 7) is 4.75. The van der Waals surface area contributed by atoms with E-state index in [4.69, 9.17) is 29.9 Å². The van der Waals surface area contributed by atoms with Crippen molar-refractivity contribution in [3.05, 3.63) is 466 Å². The lowest BCUT2D eigenvalue weighted by molar-refractivity contribution is 0.652. The molecule has 0 spiro atoms. The highest BCUT2D eigenvalue weighted by Crippen LogP contribution is 2.58. The van der Waals surface area contributed by atoms with Crippen molar-refractivity contribution in [1.29, 1.82) is 0 Å². The van der Waals surface area contributed by atoms with E-state index in [0.29, 0.717) is 17.5 Å². The van der Waals surface area contributed by atoms with Crippen LogP contribution in [0.1, 0.15) is 25.0 Å². The normalized spacial score (nSPS) is 12.3. The van der Waals surface area contributed by atoms with Gasteiger partial charge < -0.3 is 0 Å². The number of imidazole rings is 1. The maximum absolute atomic E-state index is 5.29.